The number of hydrogen-bond donors (Lipinski definition) is 4. The first-order valence-corrected chi connectivity index (χ1v) is 19.6. The Morgan fingerprint density at radius 2 is 1.48 bits per heavy atom. The van der Waals surface area contributed by atoms with Gasteiger partial charge in [-0.05, 0) is 73.7 Å². The second kappa shape index (κ2) is 20.5. The largest absolute Gasteiger partial charge is 0.487 e. The van der Waals surface area contributed by atoms with Gasteiger partial charge in [-0.15, -0.1) is 0 Å². The number of nitrogens with one attached hydrogen (secondary N) is 3. The summed E-state index contributed by atoms with van der Waals surface area (Å²) in [5.41, 5.74) is 5.01. The number of nitrogens with zero attached hydrogens (tertiary/aromatic N) is 1. The molecule has 9 heteroatoms. The molecule has 0 bridgehead atoms. The maximum Gasteiger partial charge on any atom is 0.411 e. The van der Waals surface area contributed by atoms with E-state index in [1.807, 2.05) is 97.1 Å². The summed E-state index contributed by atoms with van der Waals surface area (Å²) in [6.45, 7) is 4.71. The van der Waals surface area contributed by atoms with Gasteiger partial charge in [0.25, 0.3) is 0 Å². The fourth-order valence-electron chi connectivity index (χ4n) is 7.22. The van der Waals surface area contributed by atoms with E-state index in [1.54, 1.807) is 6.07 Å². The highest BCUT2D eigenvalue weighted by atomic mass is 16.6. The molecule has 0 aliphatic carbocycles. The quantitative estimate of drug-likeness (QED) is 0.0628. The van der Waals surface area contributed by atoms with Gasteiger partial charge >= 0.3 is 6.09 Å². The summed E-state index contributed by atoms with van der Waals surface area (Å²) in [5.74, 6) is 0.589. The van der Waals surface area contributed by atoms with Crippen molar-refractivity contribution in [3.05, 3.63) is 131 Å². The lowest BCUT2D eigenvalue weighted by molar-refractivity contribution is 0.0584. The second-order valence-corrected chi connectivity index (χ2v) is 14.2. The third-order valence-corrected chi connectivity index (χ3v) is 10.2. The minimum absolute atomic E-state index is 0.0494. The molecule has 0 saturated carbocycles. The van der Waals surface area contributed by atoms with Gasteiger partial charge in [0.1, 0.15) is 18.5 Å². The number of ether oxygens (including phenoxy) is 2. The van der Waals surface area contributed by atoms with Crippen LogP contribution in [0.4, 0.5) is 10.5 Å². The number of carbonyl (C=O) groups is 1. The molecule has 1 amide bonds. The van der Waals surface area contributed by atoms with Crippen LogP contribution in [0.2, 0.25) is 0 Å². The van der Waals surface area contributed by atoms with E-state index in [9.17, 15) is 14.7 Å². The number of para-hydroxylation sites is 1. The summed E-state index contributed by atoms with van der Waals surface area (Å²) in [7, 11) is 0. The van der Waals surface area contributed by atoms with Crippen molar-refractivity contribution in [1.82, 2.24) is 15.2 Å². The Balaban J connectivity index is 0.797. The van der Waals surface area contributed by atoms with Crippen LogP contribution < -0.4 is 20.9 Å². The fraction of sp³-hybridized carbons (Fsp3) is 0.378. The van der Waals surface area contributed by atoms with E-state index in [-0.39, 0.29) is 17.8 Å². The van der Waals surface area contributed by atoms with E-state index in [0.29, 0.717) is 24.4 Å². The van der Waals surface area contributed by atoms with Gasteiger partial charge in [0.15, 0.2) is 0 Å². The van der Waals surface area contributed by atoms with Crippen molar-refractivity contribution in [1.29, 1.82) is 0 Å². The first-order chi connectivity index (χ1) is 26.5. The zero-order valence-corrected chi connectivity index (χ0v) is 31.2. The number of unbranched alkanes of at least 4 members (excludes halogenated alkanes) is 6. The Kier molecular flexibility index (Phi) is 14.7. The average Bonchev–Trinajstić information content (AvgIpc) is 3.20. The van der Waals surface area contributed by atoms with Crippen LogP contribution in [0.3, 0.4) is 0 Å². The third-order valence-electron chi connectivity index (χ3n) is 10.2. The molecular formula is C45H54N4O5. The molecule has 1 aliphatic rings. The number of benzene rings is 4. The van der Waals surface area contributed by atoms with E-state index >= 15 is 0 Å². The number of fused-ring (bicyclic) bond motifs is 1. The van der Waals surface area contributed by atoms with Gasteiger partial charge in [-0.3, -0.25) is 10.1 Å². The number of anilines is 1. The Morgan fingerprint density at radius 1 is 0.796 bits per heavy atom. The van der Waals surface area contributed by atoms with Gasteiger partial charge in [-0.1, -0.05) is 117 Å². The van der Waals surface area contributed by atoms with E-state index in [4.69, 9.17) is 9.47 Å². The molecule has 0 radical (unpaired) electrons. The van der Waals surface area contributed by atoms with E-state index in [0.717, 1.165) is 78.8 Å². The number of piperidine rings is 1. The standard InChI is InChI=1S/C45H54N4O5/c50-41(38-22-24-42(44-39(38)23-25-43(51)48-44)53-33-34-16-8-6-9-17-34)32-46-28-14-4-2-1-3-5-15-29-49-30-26-36(27-31-49)54-45(52)47-40-21-13-12-20-37(40)35-18-10-7-11-19-35/h6-13,16-25,36,41,46,50H,1-5,14-15,26-33H2,(H,47,52)(H,48,51). The lowest BCUT2D eigenvalue weighted by atomic mass is 10.0. The lowest BCUT2D eigenvalue weighted by Crippen LogP contribution is -2.38. The molecule has 0 spiro atoms. The predicted octanol–water partition coefficient (Wildman–Crippen LogP) is 8.84. The maximum absolute atomic E-state index is 12.7. The molecule has 9 nitrogen and oxygen atoms in total. The Morgan fingerprint density at radius 3 is 2.26 bits per heavy atom. The number of aliphatic hydroxyl groups excluding tert-OH is 1. The third kappa shape index (κ3) is 11.5. The molecule has 4 N–H and O–H groups in total. The van der Waals surface area contributed by atoms with Gasteiger partial charge in [0, 0.05) is 36.7 Å². The zero-order valence-electron chi connectivity index (χ0n) is 31.2. The fourth-order valence-corrected chi connectivity index (χ4v) is 7.22. The van der Waals surface area contributed by atoms with Crippen molar-refractivity contribution >= 4 is 22.7 Å². The molecule has 6 rings (SSSR count). The summed E-state index contributed by atoms with van der Waals surface area (Å²) in [6.07, 6.45) is 8.98. The molecular weight excluding hydrogens is 677 g/mol. The SMILES string of the molecule is O=C(Nc1ccccc1-c1ccccc1)OC1CCN(CCCCCCCCCNCC(O)c2ccc(OCc3ccccc3)c3[nH]c(=O)ccc23)CC1. The Hall–Kier alpha value is -4.96. The molecule has 2 heterocycles. The van der Waals surface area contributed by atoms with Gasteiger partial charge in [-0.25, -0.2) is 4.79 Å². The number of H-pyrrole nitrogens is 1. The monoisotopic (exact) mass is 730 g/mol. The van der Waals surface area contributed by atoms with Crippen LogP contribution in [0.1, 0.15) is 75.0 Å². The molecule has 1 unspecified atom stereocenters. The number of amides is 1. The van der Waals surface area contributed by atoms with Crippen LogP contribution >= 0.6 is 0 Å². The highest BCUT2D eigenvalue weighted by molar-refractivity contribution is 5.91. The molecule has 284 valence electrons. The molecule has 5 aromatic rings. The minimum atomic E-state index is -0.701. The topological polar surface area (TPSA) is 116 Å². The van der Waals surface area contributed by atoms with Gasteiger partial charge < -0.3 is 29.8 Å². The first kappa shape index (κ1) is 38.8. The summed E-state index contributed by atoms with van der Waals surface area (Å²) >= 11 is 0. The summed E-state index contributed by atoms with van der Waals surface area (Å²) < 4.78 is 11.9. The van der Waals surface area contributed by atoms with Crippen LogP contribution in [0.5, 0.6) is 5.75 Å². The molecule has 54 heavy (non-hydrogen) atoms. The van der Waals surface area contributed by atoms with E-state index < -0.39 is 6.10 Å². The molecule has 1 atom stereocenters. The van der Waals surface area contributed by atoms with Crippen LogP contribution in [-0.2, 0) is 11.3 Å². The Labute approximate surface area is 318 Å². The van der Waals surface area contributed by atoms with Crippen molar-refractivity contribution in [3.8, 4) is 16.9 Å². The second-order valence-electron chi connectivity index (χ2n) is 14.2. The minimum Gasteiger partial charge on any atom is -0.487 e. The highest BCUT2D eigenvalue weighted by Crippen LogP contribution is 2.31. The van der Waals surface area contributed by atoms with Crippen LogP contribution in [0.15, 0.2) is 114 Å². The highest BCUT2D eigenvalue weighted by Gasteiger charge is 2.22. The number of carbonyl (C=O) groups excluding carboxylic acids is 1. The zero-order chi connectivity index (χ0) is 37.4. The number of rotatable bonds is 19. The van der Waals surface area contributed by atoms with Gasteiger partial charge in [0.2, 0.25) is 5.56 Å². The van der Waals surface area contributed by atoms with Crippen molar-refractivity contribution < 1.29 is 19.4 Å². The smallest absolute Gasteiger partial charge is 0.411 e. The summed E-state index contributed by atoms with van der Waals surface area (Å²) in [6, 6.07) is 34.7. The van der Waals surface area contributed by atoms with Gasteiger partial charge in [0.05, 0.1) is 17.3 Å². The average molecular weight is 731 g/mol. The summed E-state index contributed by atoms with van der Waals surface area (Å²) in [5, 5.41) is 18.2. The number of aromatic amines is 1. The molecule has 4 aromatic carbocycles. The lowest BCUT2D eigenvalue weighted by Gasteiger charge is -2.31. The number of aromatic nitrogens is 1. The predicted molar refractivity (Wildman–Crippen MR) is 217 cm³/mol. The van der Waals surface area contributed by atoms with Crippen LogP contribution in [0.25, 0.3) is 22.0 Å². The normalized spacial score (nSPS) is 14.2. The summed E-state index contributed by atoms with van der Waals surface area (Å²) in [4.78, 5) is 30.3. The Bertz CT molecular complexity index is 1940. The number of pyridine rings is 1. The van der Waals surface area contributed by atoms with Crippen LogP contribution in [0, 0.1) is 0 Å². The molecule has 1 aromatic heterocycles. The molecule has 1 fully saturated rings. The van der Waals surface area contributed by atoms with Crippen molar-refractivity contribution in [2.75, 3.05) is 38.0 Å². The number of hydrogen-bond acceptors (Lipinski definition) is 7. The van der Waals surface area contributed by atoms with E-state index in [1.165, 1.54) is 44.6 Å². The molecule has 1 aliphatic heterocycles. The van der Waals surface area contributed by atoms with Crippen molar-refractivity contribution in [3.63, 3.8) is 0 Å². The first-order valence-electron chi connectivity index (χ1n) is 19.6. The number of likely N-dealkylation sites (tertiary alicyclic amines) is 1. The van der Waals surface area contributed by atoms with E-state index in [2.05, 4.69) is 20.5 Å². The van der Waals surface area contributed by atoms with Crippen LogP contribution in [-0.4, -0.2) is 59.9 Å². The van der Waals surface area contributed by atoms with Crippen molar-refractivity contribution in [2.24, 2.45) is 0 Å². The van der Waals surface area contributed by atoms with Crippen molar-refractivity contribution in [2.45, 2.75) is 76.6 Å². The number of aliphatic hydroxyl groups is 1. The molecule has 1 saturated heterocycles. The van der Waals surface area contributed by atoms with Gasteiger partial charge in [-0.2, -0.15) is 0 Å². The maximum atomic E-state index is 12.7.